The average molecular weight is 421 g/mol. The zero-order valence-electron chi connectivity index (χ0n) is 17.9. The van der Waals surface area contributed by atoms with Crippen LogP contribution in [0.5, 0.6) is 5.75 Å². The molecule has 8 heteroatoms. The van der Waals surface area contributed by atoms with Crippen LogP contribution in [0.25, 0.3) is 10.9 Å². The Morgan fingerprint density at radius 3 is 2.48 bits per heavy atom. The van der Waals surface area contributed by atoms with Gasteiger partial charge in [-0.05, 0) is 42.3 Å². The second kappa shape index (κ2) is 8.77. The van der Waals surface area contributed by atoms with Crippen molar-refractivity contribution < 1.29 is 9.90 Å². The van der Waals surface area contributed by atoms with Crippen molar-refractivity contribution in [1.82, 2.24) is 14.9 Å². The highest BCUT2D eigenvalue weighted by Gasteiger charge is 2.20. The van der Waals surface area contributed by atoms with Crippen molar-refractivity contribution in [2.24, 2.45) is 5.73 Å². The van der Waals surface area contributed by atoms with Gasteiger partial charge in [0.05, 0.1) is 12.1 Å². The largest absolute Gasteiger partial charge is 0.508 e. The molecule has 1 aliphatic heterocycles. The second-order valence-electron chi connectivity index (χ2n) is 8.03. The molecular weight excluding hydrogens is 392 g/mol. The highest BCUT2D eigenvalue weighted by atomic mass is 16.3. The molecule has 0 unspecified atom stereocenters. The maximum Gasteiger partial charge on any atom is 0.236 e. The Labute approximate surface area is 181 Å². The summed E-state index contributed by atoms with van der Waals surface area (Å²) in [7, 11) is 0. The summed E-state index contributed by atoms with van der Waals surface area (Å²) in [5, 5.41) is 14.4. The van der Waals surface area contributed by atoms with E-state index in [-0.39, 0.29) is 24.1 Å². The molecule has 31 heavy (non-hydrogen) atoms. The minimum atomic E-state index is 0.00326. The van der Waals surface area contributed by atoms with Gasteiger partial charge in [0.1, 0.15) is 5.75 Å². The number of hydrogen-bond acceptors (Lipinski definition) is 7. The Morgan fingerprint density at radius 2 is 1.84 bits per heavy atom. The number of nitrogens with two attached hydrogens (primary N) is 1. The van der Waals surface area contributed by atoms with E-state index in [9.17, 15) is 9.90 Å². The first-order chi connectivity index (χ1) is 15.0. The van der Waals surface area contributed by atoms with Crippen molar-refractivity contribution >= 4 is 34.1 Å². The zero-order chi connectivity index (χ0) is 22.0. The number of piperazine rings is 1. The molecule has 0 saturated carbocycles. The number of hydrogen-bond donors (Lipinski definition) is 3. The number of carbonyl (C=O) groups is 1. The number of amides is 1. The summed E-state index contributed by atoms with van der Waals surface area (Å²) in [6.07, 6.45) is 1.77. The van der Waals surface area contributed by atoms with Gasteiger partial charge in [-0.1, -0.05) is 13.8 Å². The summed E-state index contributed by atoms with van der Waals surface area (Å²) in [6, 6.07) is 11.6. The lowest BCUT2D eigenvalue weighted by Gasteiger charge is -2.36. The fourth-order valence-electron chi connectivity index (χ4n) is 3.97. The molecule has 1 fully saturated rings. The van der Waals surface area contributed by atoms with Crippen molar-refractivity contribution in [3.63, 3.8) is 0 Å². The SMILES string of the molecule is CC(C)c1c(O)ccc2cnc(Nc3ccc(N4CCN(C(=O)CN)CC4)cc3)nc12. The number of phenolic OH excluding ortho intramolecular Hbond substituents is 1. The third kappa shape index (κ3) is 4.39. The van der Waals surface area contributed by atoms with E-state index < -0.39 is 0 Å². The maximum atomic E-state index is 11.7. The average Bonchev–Trinajstić information content (AvgIpc) is 2.78. The summed E-state index contributed by atoms with van der Waals surface area (Å²) in [5.74, 6) is 0.890. The monoisotopic (exact) mass is 420 g/mol. The van der Waals surface area contributed by atoms with E-state index in [4.69, 9.17) is 5.73 Å². The number of nitrogens with one attached hydrogen (secondary N) is 1. The Morgan fingerprint density at radius 1 is 1.13 bits per heavy atom. The Hall–Kier alpha value is -3.39. The summed E-state index contributed by atoms with van der Waals surface area (Å²) in [6.45, 7) is 7.08. The molecule has 0 aliphatic carbocycles. The Kier molecular flexibility index (Phi) is 5.90. The molecule has 4 rings (SSSR count). The Balaban J connectivity index is 1.48. The lowest BCUT2D eigenvalue weighted by atomic mass is 9.99. The van der Waals surface area contributed by atoms with E-state index in [1.807, 2.05) is 36.9 Å². The summed E-state index contributed by atoms with van der Waals surface area (Å²) in [4.78, 5) is 24.9. The predicted molar refractivity (Wildman–Crippen MR) is 123 cm³/mol. The number of phenols is 1. The van der Waals surface area contributed by atoms with Gasteiger partial charge < -0.3 is 26.0 Å². The highest BCUT2D eigenvalue weighted by molar-refractivity contribution is 5.85. The normalized spacial score (nSPS) is 14.3. The molecule has 2 aromatic carbocycles. The number of aromatic hydroxyl groups is 1. The van der Waals surface area contributed by atoms with Crippen LogP contribution in [0, 0.1) is 0 Å². The lowest BCUT2D eigenvalue weighted by Crippen LogP contribution is -2.50. The van der Waals surface area contributed by atoms with E-state index in [2.05, 4.69) is 32.3 Å². The van der Waals surface area contributed by atoms with Gasteiger partial charge in [0, 0.05) is 54.7 Å². The van der Waals surface area contributed by atoms with E-state index in [1.165, 1.54) is 0 Å². The topological polar surface area (TPSA) is 108 Å². The number of rotatable bonds is 5. The molecule has 1 aromatic heterocycles. The molecule has 0 bridgehead atoms. The number of benzene rings is 2. The van der Waals surface area contributed by atoms with Crippen molar-refractivity contribution in [3.8, 4) is 5.75 Å². The molecule has 8 nitrogen and oxygen atoms in total. The van der Waals surface area contributed by atoms with Crippen LogP contribution >= 0.6 is 0 Å². The molecule has 162 valence electrons. The molecule has 3 aromatic rings. The van der Waals surface area contributed by atoms with Gasteiger partial charge in [-0.3, -0.25) is 4.79 Å². The van der Waals surface area contributed by atoms with Crippen molar-refractivity contribution in [2.45, 2.75) is 19.8 Å². The summed E-state index contributed by atoms with van der Waals surface area (Å²) < 4.78 is 0. The van der Waals surface area contributed by atoms with Gasteiger partial charge in [0.25, 0.3) is 0 Å². The minimum Gasteiger partial charge on any atom is -0.508 e. The third-order valence-electron chi connectivity index (χ3n) is 5.64. The van der Waals surface area contributed by atoms with Crippen LogP contribution in [0.3, 0.4) is 0 Å². The van der Waals surface area contributed by atoms with Gasteiger partial charge in [0.2, 0.25) is 11.9 Å². The molecule has 0 spiro atoms. The van der Waals surface area contributed by atoms with Crippen LogP contribution in [0.2, 0.25) is 0 Å². The third-order valence-corrected chi connectivity index (χ3v) is 5.64. The smallest absolute Gasteiger partial charge is 0.236 e. The van der Waals surface area contributed by atoms with Crippen LogP contribution in [-0.4, -0.2) is 58.6 Å². The molecular formula is C23H28N6O2. The van der Waals surface area contributed by atoms with Gasteiger partial charge in [-0.2, -0.15) is 0 Å². The van der Waals surface area contributed by atoms with Crippen molar-refractivity contribution in [3.05, 3.63) is 48.2 Å². The Bertz CT molecular complexity index is 1080. The van der Waals surface area contributed by atoms with E-state index >= 15 is 0 Å². The van der Waals surface area contributed by atoms with Crippen LogP contribution in [0.15, 0.2) is 42.6 Å². The number of anilines is 3. The van der Waals surface area contributed by atoms with Crippen LogP contribution < -0.4 is 16.0 Å². The highest BCUT2D eigenvalue weighted by Crippen LogP contribution is 2.32. The first-order valence-corrected chi connectivity index (χ1v) is 10.5. The van der Waals surface area contributed by atoms with Crippen LogP contribution in [0.4, 0.5) is 17.3 Å². The van der Waals surface area contributed by atoms with Gasteiger partial charge in [-0.25, -0.2) is 9.97 Å². The molecule has 1 amide bonds. The number of aromatic nitrogens is 2. The van der Waals surface area contributed by atoms with E-state index in [0.29, 0.717) is 19.0 Å². The molecule has 2 heterocycles. The van der Waals surface area contributed by atoms with Crippen molar-refractivity contribution in [1.29, 1.82) is 0 Å². The summed E-state index contributed by atoms with van der Waals surface area (Å²) in [5.41, 5.74) is 9.03. The fraction of sp³-hybridized carbons (Fsp3) is 0.348. The van der Waals surface area contributed by atoms with Gasteiger partial charge >= 0.3 is 0 Å². The van der Waals surface area contributed by atoms with E-state index in [0.717, 1.165) is 40.9 Å². The van der Waals surface area contributed by atoms with Crippen molar-refractivity contribution in [2.75, 3.05) is 42.9 Å². The minimum absolute atomic E-state index is 0.00326. The first kappa shape index (κ1) is 20.9. The molecule has 1 saturated heterocycles. The maximum absolute atomic E-state index is 11.7. The molecule has 4 N–H and O–H groups in total. The zero-order valence-corrected chi connectivity index (χ0v) is 17.9. The predicted octanol–water partition coefficient (Wildman–Crippen LogP) is 2.81. The number of carbonyl (C=O) groups excluding carboxylic acids is 1. The lowest BCUT2D eigenvalue weighted by molar-refractivity contribution is -0.129. The quantitative estimate of drug-likeness (QED) is 0.582. The van der Waals surface area contributed by atoms with Crippen LogP contribution in [-0.2, 0) is 4.79 Å². The number of nitrogens with zero attached hydrogens (tertiary/aromatic N) is 4. The standard InChI is InChI=1S/C23H28N6O2/c1-15(2)21-19(30)8-3-16-14-25-23(27-22(16)21)26-17-4-6-18(7-5-17)28-9-11-29(12-10-28)20(31)13-24/h3-8,14-15,30H,9-13,24H2,1-2H3,(H,25,26,27). The fourth-order valence-corrected chi connectivity index (χ4v) is 3.97. The van der Waals surface area contributed by atoms with Crippen LogP contribution in [0.1, 0.15) is 25.3 Å². The van der Waals surface area contributed by atoms with Gasteiger partial charge in [0.15, 0.2) is 0 Å². The molecule has 0 atom stereocenters. The molecule has 1 aliphatic rings. The first-order valence-electron chi connectivity index (χ1n) is 10.5. The second-order valence-corrected chi connectivity index (χ2v) is 8.03. The van der Waals surface area contributed by atoms with Gasteiger partial charge in [-0.15, -0.1) is 0 Å². The van der Waals surface area contributed by atoms with E-state index in [1.54, 1.807) is 12.3 Å². The molecule has 0 radical (unpaired) electrons. The number of fused-ring (bicyclic) bond motifs is 1. The summed E-state index contributed by atoms with van der Waals surface area (Å²) >= 11 is 0.